The molecule has 1 N–H and O–H groups in total. The number of sulfonamides is 1. The Morgan fingerprint density at radius 3 is 2.60 bits per heavy atom. The van der Waals surface area contributed by atoms with Crippen LogP contribution in [0.5, 0.6) is 0 Å². The summed E-state index contributed by atoms with van der Waals surface area (Å²) >= 11 is 7.39. The first-order valence-corrected chi connectivity index (χ1v) is 8.68. The molecule has 0 bridgehead atoms. The maximum absolute atomic E-state index is 12.3. The molecule has 0 spiro atoms. The van der Waals surface area contributed by atoms with E-state index in [1.54, 1.807) is 11.3 Å². The molecular formula is C13H15ClN2O2S2. The third-order valence-electron chi connectivity index (χ3n) is 2.89. The number of hydrogen-bond acceptors (Lipinski definition) is 4. The minimum atomic E-state index is -3.61. The van der Waals surface area contributed by atoms with Gasteiger partial charge in [-0.3, -0.25) is 0 Å². The second-order valence-corrected chi connectivity index (χ2v) is 8.09. The highest BCUT2D eigenvalue weighted by Crippen LogP contribution is 2.27. The Labute approximate surface area is 127 Å². The standard InChI is InChI=1S/C13H15ClN2O2S2/c1-8-6-12(10(3)19-8)9(2)16-20(17,18)11-4-5-15-13(14)7-11/h4-7,9,16H,1-3H3. The first kappa shape index (κ1) is 15.4. The fourth-order valence-corrected chi connectivity index (χ4v) is 4.49. The molecule has 108 valence electrons. The number of aryl methyl sites for hydroxylation is 2. The van der Waals surface area contributed by atoms with Gasteiger partial charge in [0.25, 0.3) is 0 Å². The molecular weight excluding hydrogens is 316 g/mol. The lowest BCUT2D eigenvalue weighted by molar-refractivity contribution is 0.566. The summed E-state index contributed by atoms with van der Waals surface area (Å²) in [5, 5.41) is 0.156. The summed E-state index contributed by atoms with van der Waals surface area (Å²) in [4.78, 5) is 6.18. The number of halogens is 1. The molecule has 2 rings (SSSR count). The molecule has 2 aromatic heterocycles. The Kier molecular flexibility index (Phi) is 4.49. The minimum Gasteiger partial charge on any atom is -0.244 e. The summed E-state index contributed by atoms with van der Waals surface area (Å²) in [6.45, 7) is 5.82. The van der Waals surface area contributed by atoms with E-state index in [1.807, 2.05) is 26.8 Å². The van der Waals surface area contributed by atoms with Gasteiger partial charge in [-0.1, -0.05) is 11.6 Å². The third kappa shape index (κ3) is 3.38. The van der Waals surface area contributed by atoms with Crippen molar-refractivity contribution in [1.29, 1.82) is 0 Å². The number of pyridine rings is 1. The van der Waals surface area contributed by atoms with Gasteiger partial charge in [-0.25, -0.2) is 18.1 Å². The molecule has 2 aromatic rings. The SMILES string of the molecule is Cc1cc(C(C)NS(=O)(=O)c2ccnc(Cl)c2)c(C)s1. The summed E-state index contributed by atoms with van der Waals surface area (Å²) in [6, 6.07) is 4.47. The fraction of sp³-hybridized carbons (Fsp3) is 0.308. The highest BCUT2D eigenvalue weighted by Gasteiger charge is 2.20. The molecule has 0 aliphatic rings. The number of aromatic nitrogens is 1. The van der Waals surface area contributed by atoms with Crippen molar-refractivity contribution in [2.45, 2.75) is 31.7 Å². The van der Waals surface area contributed by atoms with Gasteiger partial charge in [-0.2, -0.15) is 0 Å². The summed E-state index contributed by atoms with van der Waals surface area (Å²) < 4.78 is 27.2. The molecule has 0 saturated heterocycles. The van der Waals surface area contributed by atoms with Crippen molar-refractivity contribution in [1.82, 2.24) is 9.71 Å². The smallest absolute Gasteiger partial charge is 0.241 e. The van der Waals surface area contributed by atoms with Crippen LogP contribution >= 0.6 is 22.9 Å². The van der Waals surface area contributed by atoms with Crippen LogP contribution in [0.1, 0.15) is 28.3 Å². The highest BCUT2D eigenvalue weighted by molar-refractivity contribution is 7.89. The van der Waals surface area contributed by atoms with Crippen molar-refractivity contribution in [2.24, 2.45) is 0 Å². The van der Waals surface area contributed by atoms with Gasteiger partial charge in [0, 0.05) is 22.0 Å². The van der Waals surface area contributed by atoms with E-state index < -0.39 is 10.0 Å². The summed E-state index contributed by atoms with van der Waals surface area (Å²) in [5.74, 6) is 0. The second kappa shape index (κ2) is 5.81. The minimum absolute atomic E-state index is 0.119. The third-order valence-corrected chi connectivity index (χ3v) is 5.61. The quantitative estimate of drug-likeness (QED) is 0.873. The largest absolute Gasteiger partial charge is 0.244 e. The van der Waals surface area contributed by atoms with Crippen LogP contribution in [0, 0.1) is 13.8 Å². The normalized spacial score (nSPS) is 13.4. The maximum Gasteiger partial charge on any atom is 0.241 e. The van der Waals surface area contributed by atoms with E-state index in [1.165, 1.54) is 18.3 Å². The number of nitrogens with one attached hydrogen (secondary N) is 1. The summed E-state index contributed by atoms with van der Waals surface area (Å²) in [5.41, 5.74) is 0.997. The van der Waals surface area contributed by atoms with Gasteiger partial charge in [0.05, 0.1) is 4.90 Å². The Morgan fingerprint density at radius 1 is 1.35 bits per heavy atom. The van der Waals surface area contributed by atoms with Crippen LogP contribution < -0.4 is 4.72 Å². The van der Waals surface area contributed by atoms with Crippen LogP contribution in [0.25, 0.3) is 0 Å². The van der Waals surface area contributed by atoms with Crippen molar-refractivity contribution in [3.63, 3.8) is 0 Å². The molecule has 0 aromatic carbocycles. The lowest BCUT2D eigenvalue weighted by Crippen LogP contribution is -2.27. The van der Waals surface area contributed by atoms with E-state index in [2.05, 4.69) is 9.71 Å². The molecule has 0 amide bonds. The van der Waals surface area contributed by atoms with E-state index in [0.717, 1.165) is 15.3 Å². The average Bonchev–Trinajstić information content (AvgIpc) is 2.68. The average molecular weight is 331 g/mol. The first-order valence-electron chi connectivity index (χ1n) is 6.00. The summed E-state index contributed by atoms with van der Waals surface area (Å²) in [7, 11) is -3.61. The summed E-state index contributed by atoms with van der Waals surface area (Å²) in [6.07, 6.45) is 1.38. The molecule has 4 nitrogen and oxygen atoms in total. The molecule has 2 heterocycles. The van der Waals surface area contributed by atoms with Gasteiger partial charge >= 0.3 is 0 Å². The zero-order chi connectivity index (χ0) is 14.9. The number of hydrogen-bond donors (Lipinski definition) is 1. The fourth-order valence-electron chi connectivity index (χ4n) is 2.00. The van der Waals surface area contributed by atoms with E-state index >= 15 is 0 Å². The van der Waals surface area contributed by atoms with Crippen molar-refractivity contribution in [3.05, 3.63) is 44.9 Å². The highest BCUT2D eigenvalue weighted by atomic mass is 35.5. The molecule has 0 saturated carbocycles. The second-order valence-electron chi connectivity index (χ2n) is 4.53. The van der Waals surface area contributed by atoms with Crippen LogP contribution in [0.15, 0.2) is 29.3 Å². The van der Waals surface area contributed by atoms with E-state index in [0.29, 0.717) is 0 Å². The van der Waals surface area contributed by atoms with E-state index in [-0.39, 0.29) is 16.1 Å². The molecule has 1 unspecified atom stereocenters. The Hall–Kier alpha value is -0.950. The molecule has 1 atom stereocenters. The Morgan fingerprint density at radius 2 is 2.05 bits per heavy atom. The van der Waals surface area contributed by atoms with Gasteiger partial charge in [-0.15, -0.1) is 11.3 Å². The van der Waals surface area contributed by atoms with E-state index in [4.69, 9.17) is 11.6 Å². The molecule has 20 heavy (non-hydrogen) atoms. The van der Waals surface area contributed by atoms with Crippen molar-refractivity contribution >= 4 is 33.0 Å². The Bertz CT molecular complexity index is 726. The lowest BCUT2D eigenvalue weighted by atomic mass is 10.1. The van der Waals surface area contributed by atoms with Gasteiger partial charge in [-0.05, 0) is 44.5 Å². The molecule has 0 aliphatic heterocycles. The number of thiophene rings is 1. The van der Waals surface area contributed by atoms with Crippen LogP contribution in [0.2, 0.25) is 5.15 Å². The van der Waals surface area contributed by atoms with E-state index in [9.17, 15) is 8.42 Å². The lowest BCUT2D eigenvalue weighted by Gasteiger charge is -2.14. The molecule has 0 radical (unpaired) electrons. The number of nitrogens with zero attached hydrogens (tertiary/aromatic N) is 1. The van der Waals surface area contributed by atoms with Crippen LogP contribution in [0.3, 0.4) is 0 Å². The number of rotatable bonds is 4. The molecule has 0 aliphatic carbocycles. The molecule has 0 fully saturated rings. The van der Waals surface area contributed by atoms with Crippen molar-refractivity contribution < 1.29 is 8.42 Å². The predicted octanol–water partition coefficient (Wildman–Crippen LogP) is 3.45. The molecule has 7 heteroatoms. The maximum atomic E-state index is 12.3. The van der Waals surface area contributed by atoms with Gasteiger partial charge in [0.15, 0.2) is 0 Å². The van der Waals surface area contributed by atoms with Crippen molar-refractivity contribution in [2.75, 3.05) is 0 Å². The van der Waals surface area contributed by atoms with Gasteiger partial charge in [0.2, 0.25) is 10.0 Å². The predicted molar refractivity (Wildman–Crippen MR) is 81.8 cm³/mol. The zero-order valence-electron chi connectivity index (χ0n) is 11.3. The van der Waals surface area contributed by atoms with Crippen molar-refractivity contribution in [3.8, 4) is 0 Å². The monoisotopic (exact) mass is 330 g/mol. The zero-order valence-corrected chi connectivity index (χ0v) is 13.7. The van der Waals surface area contributed by atoms with Crippen LogP contribution in [-0.2, 0) is 10.0 Å². The Balaban J connectivity index is 2.26. The first-order chi connectivity index (χ1) is 9.29. The topological polar surface area (TPSA) is 59.1 Å². The van der Waals surface area contributed by atoms with Crippen LogP contribution in [-0.4, -0.2) is 13.4 Å². The van der Waals surface area contributed by atoms with Crippen LogP contribution in [0.4, 0.5) is 0 Å². The van der Waals surface area contributed by atoms with Gasteiger partial charge < -0.3 is 0 Å². The van der Waals surface area contributed by atoms with Gasteiger partial charge in [0.1, 0.15) is 5.15 Å².